The van der Waals surface area contributed by atoms with Gasteiger partial charge in [-0.25, -0.2) is 4.90 Å². The van der Waals surface area contributed by atoms with Crippen molar-refractivity contribution in [1.29, 1.82) is 0 Å². The van der Waals surface area contributed by atoms with Crippen LogP contribution in [-0.2, 0) is 4.79 Å². The highest BCUT2D eigenvalue weighted by atomic mass is 79.9. The first-order chi connectivity index (χ1) is 11.5. The molecule has 2 amide bonds. The molecule has 1 N–H and O–H groups in total. The molecule has 0 spiro atoms. The highest BCUT2D eigenvalue weighted by molar-refractivity contribution is 9.10. The van der Waals surface area contributed by atoms with E-state index in [0.29, 0.717) is 15.7 Å². The molecule has 1 aliphatic heterocycles. The number of para-hydroxylation sites is 1. The predicted molar refractivity (Wildman–Crippen MR) is 97.3 cm³/mol. The number of carbonyl (C=O) groups excluding carboxylic acids is 2. The lowest BCUT2D eigenvalue weighted by Crippen LogP contribution is -2.27. The van der Waals surface area contributed by atoms with E-state index in [1.54, 1.807) is 36.4 Å². The number of hydrogen-bond donors (Lipinski definition) is 1. The number of amides is 2. The zero-order valence-corrected chi connectivity index (χ0v) is 14.9. The van der Waals surface area contributed by atoms with Crippen LogP contribution in [0, 0.1) is 0 Å². The minimum absolute atomic E-state index is 0.0905. The van der Waals surface area contributed by atoms with Crippen molar-refractivity contribution in [3.8, 4) is 11.5 Å². The van der Waals surface area contributed by atoms with Crippen molar-refractivity contribution in [3.05, 3.63) is 57.4 Å². The largest absolute Gasteiger partial charge is 0.504 e. The standard InChI is InChI=1S/C17H12BrNO4S/c1-23-13-9-11(18)7-10(15(13)20)8-14-16(21)19(17(22)24-14)12-5-3-2-4-6-12/h2-9,20H,1H3/b14-8-. The van der Waals surface area contributed by atoms with Gasteiger partial charge in [0.25, 0.3) is 11.1 Å². The van der Waals surface area contributed by atoms with E-state index in [2.05, 4.69) is 15.9 Å². The second kappa shape index (κ2) is 6.70. The van der Waals surface area contributed by atoms with Crippen LogP contribution in [0.4, 0.5) is 10.5 Å². The second-order valence-corrected chi connectivity index (χ2v) is 6.81. The molecule has 0 radical (unpaired) electrons. The number of halogens is 1. The summed E-state index contributed by atoms with van der Waals surface area (Å²) in [5, 5.41) is 9.82. The maximum absolute atomic E-state index is 12.6. The summed E-state index contributed by atoms with van der Waals surface area (Å²) in [6, 6.07) is 12.0. The zero-order valence-electron chi connectivity index (χ0n) is 12.5. The normalized spacial score (nSPS) is 16.1. The number of imide groups is 1. The molecule has 0 bridgehead atoms. The smallest absolute Gasteiger partial charge is 0.298 e. The van der Waals surface area contributed by atoms with Gasteiger partial charge in [-0.1, -0.05) is 34.1 Å². The molecule has 1 aliphatic rings. The van der Waals surface area contributed by atoms with Gasteiger partial charge in [-0.05, 0) is 42.1 Å². The van der Waals surface area contributed by atoms with E-state index in [9.17, 15) is 14.7 Å². The van der Waals surface area contributed by atoms with Gasteiger partial charge in [0, 0.05) is 10.0 Å². The van der Waals surface area contributed by atoms with Crippen molar-refractivity contribution in [2.75, 3.05) is 12.0 Å². The van der Waals surface area contributed by atoms with Gasteiger partial charge in [0.1, 0.15) is 0 Å². The van der Waals surface area contributed by atoms with Crippen LogP contribution in [0.25, 0.3) is 6.08 Å². The van der Waals surface area contributed by atoms with Gasteiger partial charge in [-0.3, -0.25) is 9.59 Å². The Morgan fingerprint density at radius 2 is 1.92 bits per heavy atom. The maximum atomic E-state index is 12.6. The fourth-order valence-electron chi connectivity index (χ4n) is 2.27. The van der Waals surface area contributed by atoms with Crippen LogP contribution >= 0.6 is 27.7 Å². The lowest BCUT2D eigenvalue weighted by atomic mass is 10.1. The molecular weight excluding hydrogens is 394 g/mol. The summed E-state index contributed by atoms with van der Waals surface area (Å²) in [6.45, 7) is 0. The number of phenols is 1. The number of nitrogens with zero attached hydrogens (tertiary/aromatic N) is 1. The van der Waals surface area contributed by atoms with Crippen molar-refractivity contribution < 1.29 is 19.4 Å². The molecular formula is C17H12BrNO4S. The van der Waals surface area contributed by atoms with Crippen LogP contribution in [0.2, 0.25) is 0 Å². The Morgan fingerprint density at radius 1 is 1.21 bits per heavy atom. The third kappa shape index (κ3) is 3.05. The van der Waals surface area contributed by atoms with Gasteiger partial charge < -0.3 is 9.84 Å². The molecule has 5 nitrogen and oxygen atoms in total. The molecule has 0 atom stereocenters. The minimum Gasteiger partial charge on any atom is -0.504 e. The lowest BCUT2D eigenvalue weighted by molar-refractivity contribution is -0.113. The number of hydrogen-bond acceptors (Lipinski definition) is 5. The number of thioether (sulfide) groups is 1. The molecule has 3 rings (SSSR count). The monoisotopic (exact) mass is 405 g/mol. The first kappa shape index (κ1) is 16.6. The summed E-state index contributed by atoms with van der Waals surface area (Å²) < 4.78 is 5.78. The number of ether oxygens (including phenoxy) is 1. The Hall–Kier alpha value is -2.25. The van der Waals surface area contributed by atoms with Crippen molar-refractivity contribution in [2.45, 2.75) is 0 Å². The highest BCUT2D eigenvalue weighted by Crippen LogP contribution is 2.39. The molecule has 2 aromatic carbocycles. The zero-order chi connectivity index (χ0) is 17.3. The van der Waals surface area contributed by atoms with Crippen LogP contribution in [0.3, 0.4) is 0 Å². The van der Waals surface area contributed by atoms with Gasteiger partial charge in [0.15, 0.2) is 11.5 Å². The third-order valence-corrected chi connectivity index (χ3v) is 4.71. The Balaban J connectivity index is 2.00. The summed E-state index contributed by atoms with van der Waals surface area (Å²) >= 11 is 4.15. The fourth-order valence-corrected chi connectivity index (χ4v) is 3.56. The molecule has 1 saturated heterocycles. The van der Waals surface area contributed by atoms with E-state index in [-0.39, 0.29) is 21.6 Å². The molecule has 1 heterocycles. The average molecular weight is 406 g/mol. The van der Waals surface area contributed by atoms with E-state index in [4.69, 9.17) is 4.74 Å². The van der Waals surface area contributed by atoms with E-state index >= 15 is 0 Å². The predicted octanol–water partition coefficient (Wildman–Crippen LogP) is 4.40. The Labute approximate surface area is 151 Å². The molecule has 0 aromatic heterocycles. The van der Waals surface area contributed by atoms with E-state index in [1.165, 1.54) is 13.2 Å². The molecule has 0 saturated carbocycles. The number of aromatic hydroxyl groups is 1. The molecule has 0 aliphatic carbocycles. The Morgan fingerprint density at radius 3 is 2.58 bits per heavy atom. The quantitative estimate of drug-likeness (QED) is 0.766. The van der Waals surface area contributed by atoms with Crippen LogP contribution in [0.5, 0.6) is 11.5 Å². The second-order valence-electron chi connectivity index (χ2n) is 4.90. The van der Waals surface area contributed by atoms with E-state index in [1.807, 2.05) is 6.07 Å². The van der Waals surface area contributed by atoms with Gasteiger partial charge in [-0.15, -0.1) is 0 Å². The number of benzene rings is 2. The van der Waals surface area contributed by atoms with Crippen molar-refractivity contribution >= 4 is 50.6 Å². The lowest BCUT2D eigenvalue weighted by Gasteiger charge is -2.11. The minimum atomic E-state index is -0.422. The average Bonchev–Trinajstić information content (AvgIpc) is 2.85. The van der Waals surface area contributed by atoms with Crippen LogP contribution in [-0.4, -0.2) is 23.4 Å². The third-order valence-electron chi connectivity index (χ3n) is 3.38. The SMILES string of the molecule is COc1cc(Br)cc(/C=C2\SC(=O)N(c3ccccc3)C2=O)c1O. The van der Waals surface area contributed by atoms with E-state index < -0.39 is 5.91 Å². The van der Waals surface area contributed by atoms with Crippen molar-refractivity contribution in [1.82, 2.24) is 0 Å². The van der Waals surface area contributed by atoms with Crippen LogP contribution < -0.4 is 9.64 Å². The van der Waals surface area contributed by atoms with Crippen LogP contribution in [0.1, 0.15) is 5.56 Å². The number of rotatable bonds is 3. The van der Waals surface area contributed by atoms with Crippen molar-refractivity contribution in [2.24, 2.45) is 0 Å². The van der Waals surface area contributed by atoms with Crippen LogP contribution in [0.15, 0.2) is 51.8 Å². The summed E-state index contributed by atoms with van der Waals surface area (Å²) in [5.74, 6) is -0.236. The first-order valence-corrected chi connectivity index (χ1v) is 8.51. The molecule has 7 heteroatoms. The number of phenolic OH excluding ortho intramolecular Hbond substituents is 1. The fraction of sp³-hybridized carbons (Fsp3) is 0.0588. The summed E-state index contributed by atoms with van der Waals surface area (Å²) in [5.41, 5.74) is 0.902. The number of anilines is 1. The molecule has 0 unspecified atom stereocenters. The van der Waals surface area contributed by atoms with Gasteiger partial charge >= 0.3 is 0 Å². The molecule has 122 valence electrons. The summed E-state index contributed by atoms with van der Waals surface area (Å²) in [7, 11) is 1.44. The molecule has 2 aromatic rings. The number of methoxy groups -OCH3 is 1. The maximum Gasteiger partial charge on any atom is 0.298 e. The topological polar surface area (TPSA) is 66.8 Å². The first-order valence-electron chi connectivity index (χ1n) is 6.91. The van der Waals surface area contributed by atoms with Gasteiger partial charge in [0.2, 0.25) is 0 Å². The van der Waals surface area contributed by atoms with Gasteiger partial charge in [0.05, 0.1) is 17.7 Å². The number of carbonyl (C=O) groups is 2. The van der Waals surface area contributed by atoms with Gasteiger partial charge in [-0.2, -0.15) is 0 Å². The van der Waals surface area contributed by atoms with E-state index in [0.717, 1.165) is 16.7 Å². The Bertz CT molecular complexity index is 851. The Kier molecular flexibility index (Phi) is 4.64. The van der Waals surface area contributed by atoms with Crippen molar-refractivity contribution in [3.63, 3.8) is 0 Å². The molecule has 1 fully saturated rings. The summed E-state index contributed by atoms with van der Waals surface area (Å²) in [4.78, 5) is 26.1. The highest BCUT2D eigenvalue weighted by Gasteiger charge is 2.36. The molecule has 24 heavy (non-hydrogen) atoms. The summed E-state index contributed by atoms with van der Waals surface area (Å²) in [6.07, 6.45) is 1.48.